The minimum atomic E-state index is -1.05. The molecule has 0 radical (unpaired) electrons. The van der Waals surface area contributed by atoms with Crippen molar-refractivity contribution in [2.24, 2.45) is 5.92 Å². The van der Waals surface area contributed by atoms with Crippen LogP contribution in [0, 0.1) is 18.7 Å². The van der Waals surface area contributed by atoms with E-state index in [1.54, 1.807) is 13.0 Å². The van der Waals surface area contributed by atoms with E-state index >= 15 is 0 Å². The van der Waals surface area contributed by atoms with Crippen LogP contribution >= 0.6 is 0 Å². The second-order valence-corrected chi connectivity index (χ2v) is 6.43. The van der Waals surface area contributed by atoms with E-state index in [1.165, 1.54) is 21.9 Å². The Balaban J connectivity index is 1.74. The number of anilines is 1. The average Bonchev–Trinajstić information content (AvgIpc) is 3.29. The van der Waals surface area contributed by atoms with Crippen molar-refractivity contribution in [1.29, 1.82) is 0 Å². The average molecular weight is 334 g/mol. The molecule has 1 atom stereocenters. The quantitative estimate of drug-likeness (QED) is 0.886. The largest absolute Gasteiger partial charge is 0.480 e. The highest BCUT2D eigenvalue weighted by atomic mass is 19.1. The number of aliphatic carboxylic acids is 1. The van der Waals surface area contributed by atoms with Gasteiger partial charge < -0.3 is 14.9 Å². The number of hydrogen-bond donors (Lipinski definition) is 1. The van der Waals surface area contributed by atoms with Crippen molar-refractivity contribution in [3.8, 4) is 0 Å². The lowest BCUT2D eigenvalue weighted by Crippen LogP contribution is -2.42. The summed E-state index contributed by atoms with van der Waals surface area (Å²) in [5, 5.41) is 8.98. The zero-order valence-electron chi connectivity index (χ0n) is 13.4. The number of nitrogens with zero attached hydrogens (tertiary/aromatic N) is 2. The van der Waals surface area contributed by atoms with Crippen LogP contribution in [-0.2, 0) is 14.4 Å². The lowest BCUT2D eigenvalue weighted by atomic mass is 10.1. The summed E-state index contributed by atoms with van der Waals surface area (Å²) < 4.78 is 13.4. The van der Waals surface area contributed by atoms with Crippen LogP contribution in [0.15, 0.2) is 18.2 Å². The second-order valence-electron chi connectivity index (χ2n) is 6.43. The number of carboxylic acid groups (broad SMARTS) is 1. The van der Waals surface area contributed by atoms with Crippen molar-refractivity contribution >= 4 is 23.5 Å². The molecule has 6 nitrogen and oxygen atoms in total. The summed E-state index contributed by atoms with van der Waals surface area (Å²) in [5.41, 5.74) is 0.992. The minimum Gasteiger partial charge on any atom is -0.480 e. The van der Waals surface area contributed by atoms with Crippen LogP contribution in [0.2, 0.25) is 0 Å². The maximum atomic E-state index is 13.4. The fraction of sp³-hybridized carbons (Fsp3) is 0.471. The van der Waals surface area contributed by atoms with Crippen LogP contribution in [0.3, 0.4) is 0 Å². The summed E-state index contributed by atoms with van der Waals surface area (Å²) in [4.78, 5) is 38.7. The van der Waals surface area contributed by atoms with E-state index in [4.69, 9.17) is 5.11 Å². The molecule has 1 aromatic rings. The number of rotatable bonds is 5. The third-order valence-corrected chi connectivity index (χ3v) is 4.50. The molecule has 2 amide bonds. The molecule has 1 heterocycles. The fourth-order valence-electron chi connectivity index (χ4n) is 3.07. The van der Waals surface area contributed by atoms with Crippen LogP contribution in [-0.4, -0.2) is 46.9 Å². The van der Waals surface area contributed by atoms with Gasteiger partial charge in [0.25, 0.3) is 0 Å². The van der Waals surface area contributed by atoms with E-state index in [2.05, 4.69) is 0 Å². The molecule has 1 aliphatic heterocycles. The van der Waals surface area contributed by atoms with Crippen LogP contribution < -0.4 is 4.90 Å². The van der Waals surface area contributed by atoms with Crippen molar-refractivity contribution in [3.63, 3.8) is 0 Å². The molecular formula is C17H19FN2O4. The molecule has 0 bridgehead atoms. The van der Waals surface area contributed by atoms with Gasteiger partial charge in [-0.3, -0.25) is 14.4 Å². The van der Waals surface area contributed by atoms with Crippen molar-refractivity contribution < 1.29 is 23.9 Å². The summed E-state index contributed by atoms with van der Waals surface area (Å²) in [6.45, 7) is 1.49. The molecule has 128 valence electrons. The van der Waals surface area contributed by atoms with Crippen molar-refractivity contribution in [2.45, 2.75) is 32.2 Å². The Hall–Kier alpha value is -2.44. The molecule has 0 aromatic heterocycles. The smallest absolute Gasteiger partial charge is 0.323 e. The standard InChI is InChI=1S/C17H19FN2O4/c1-10-6-13(4-5-14(10)18)19-8-11(7-15(19)21)17(24)20(9-16(22)23)12-2-3-12/h4-6,11-12H,2-3,7-9H2,1H3,(H,22,23). The Morgan fingerprint density at radius 3 is 2.67 bits per heavy atom. The number of hydrogen-bond acceptors (Lipinski definition) is 3. The normalized spacial score (nSPS) is 20.3. The number of amides is 2. The van der Waals surface area contributed by atoms with Gasteiger partial charge in [0.1, 0.15) is 12.4 Å². The van der Waals surface area contributed by atoms with Gasteiger partial charge in [0.15, 0.2) is 0 Å². The molecule has 7 heteroatoms. The van der Waals surface area contributed by atoms with Crippen LogP contribution in [0.25, 0.3) is 0 Å². The van der Waals surface area contributed by atoms with Gasteiger partial charge >= 0.3 is 5.97 Å². The van der Waals surface area contributed by atoms with Crippen LogP contribution in [0.1, 0.15) is 24.8 Å². The van der Waals surface area contributed by atoms with Crippen molar-refractivity contribution in [3.05, 3.63) is 29.6 Å². The molecule has 1 aliphatic carbocycles. The number of carbonyl (C=O) groups excluding carboxylic acids is 2. The first-order chi connectivity index (χ1) is 11.4. The highest BCUT2D eigenvalue weighted by molar-refractivity contribution is 6.00. The molecule has 1 unspecified atom stereocenters. The highest BCUT2D eigenvalue weighted by Gasteiger charge is 2.42. The SMILES string of the molecule is Cc1cc(N2CC(C(=O)N(CC(=O)O)C3CC3)CC2=O)ccc1F. The lowest BCUT2D eigenvalue weighted by Gasteiger charge is -2.24. The lowest BCUT2D eigenvalue weighted by molar-refractivity contribution is -0.146. The van der Waals surface area contributed by atoms with Gasteiger partial charge in [0, 0.05) is 24.7 Å². The van der Waals surface area contributed by atoms with Gasteiger partial charge in [-0.2, -0.15) is 0 Å². The van der Waals surface area contributed by atoms with Gasteiger partial charge in [-0.05, 0) is 43.5 Å². The Labute approximate surface area is 138 Å². The monoisotopic (exact) mass is 334 g/mol. The van der Waals surface area contributed by atoms with E-state index in [-0.39, 0.29) is 43.2 Å². The number of carbonyl (C=O) groups is 3. The number of halogens is 1. The van der Waals surface area contributed by atoms with Gasteiger partial charge in [-0.25, -0.2) is 4.39 Å². The summed E-state index contributed by atoms with van der Waals surface area (Å²) >= 11 is 0. The molecule has 0 spiro atoms. The summed E-state index contributed by atoms with van der Waals surface area (Å²) in [5.74, 6) is -2.44. The molecule has 1 N–H and O–H groups in total. The van der Waals surface area contributed by atoms with Gasteiger partial charge in [-0.1, -0.05) is 0 Å². The Morgan fingerprint density at radius 1 is 1.38 bits per heavy atom. The maximum Gasteiger partial charge on any atom is 0.323 e. The highest BCUT2D eigenvalue weighted by Crippen LogP contribution is 2.32. The van der Waals surface area contributed by atoms with E-state index in [9.17, 15) is 18.8 Å². The predicted molar refractivity (Wildman–Crippen MR) is 84.0 cm³/mol. The van der Waals surface area contributed by atoms with Crippen molar-refractivity contribution in [2.75, 3.05) is 18.0 Å². The number of benzene rings is 1. The molecule has 1 saturated carbocycles. The molecular weight excluding hydrogens is 315 g/mol. The third-order valence-electron chi connectivity index (χ3n) is 4.50. The number of carboxylic acids is 1. The van der Waals surface area contributed by atoms with Crippen LogP contribution in [0.4, 0.5) is 10.1 Å². The molecule has 1 aromatic carbocycles. The van der Waals surface area contributed by atoms with E-state index < -0.39 is 11.9 Å². The first-order valence-electron chi connectivity index (χ1n) is 7.95. The molecule has 1 saturated heterocycles. The molecule has 3 rings (SSSR count). The summed E-state index contributed by atoms with van der Waals surface area (Å²) in [6.07, 6.45) is 1.67. The fourth-order valence-corrected chi connectivity index (χ4v) is 3.07. The minimum absolute atomic E-state index is 0.0224. The van der Waals surface area contributed by atoms with E-state index in [0.717, 1.165) is 12.8 Å². The first-order valence-corrected chi connectivity index (χ1v) is 7.95. The Bertz CT molecular complexity index is 702. The van der Waals surface area contributed by atoms with Gasteiger partial charge in [0.2, 0.25) is 11.8 Å². The first kappa shape index (κ1) is 16.4. The van der Waals surface area contributed by atoms with Crippen LogP contribution in [0.5, 0.6) is 0 Å². The Morgan fingerprint density at radius 2 is 2.08 bits per heavy atom. The van der Waals surface area contributed by atoms with Gasteiger partial charge in [-0.15, -0.1) is 0 Å². The Kier molecular flexibility index (Phi) is 4.26. The summed E-state index contributed by atoms with van der Waals surface area (Å²) in [7, 11) is 0. The summed E-state index contributed by atoms with van der Waals surface area (Å²) in [6, 6.07) is 4.37. The number of aryl methyl sites for hydroxylation is 1. The second kappa shape index (κ2) is 6.22. The van der Waals surface area contributed by atoms with Crippen molar-refractivity contribution in [1.82, 2.24) is 4.90 Å². The molecule has 2 aliphatic rings. The maximum absolute atomic E-state index is 13.4. The molecule has 24 heavy (non-hydrogen) atoms. The third kappa shape index (κ3) is 3.25. The van der Waals surface area contributed by atoms with Gasteiger partial charge in [0.05, 0.1) is 5.92 Å². The molecule has 2 fully saturated rings. The predicted octanol–water partition coefficient (Wildman–Crippen LogP) is 1.56. The topological polar surface area (TPSA) is 77.9 Å². The zero-order valence-corrected chi connectivity index (χ0v) is 13.4. The van der Waals surface area contributed by atoms with E-state index in [1.807, 2.05) is 0 Å². The van der Waals surface area contributed by atoms with E-state index in [0.29, 0.717) is 11.3 Å². The zero-order chi connectivity index (χ0) is 17.4.